The van der Waals surface area contributed by atoms with E-state index >= 15 is 0 Å². The van der Waals surface area contributed by atoms with Crippen LogP contribution in [0.15, 0.2) is 0 Å². The second-order valence-corrected chi connectivity index (χ2v) is 2.32. The van der Waals surface area contributed by atoms with Crippen LogP contribution >= 0.6 is 22.6 Å². The molecule has 1 aliphatic heterocycles. The van der Waals surface area contributed by atoms with Gasteiger partial charge in [-0.2, -0.15) is 0 Å². The van der Waals surface area contributed by atoms with Crippen molar-refractivity contribution in [1.82, 2.24) is 0 Å². The van der Waals surface area contributed by atoms with Crippen molar-refractivity contribution in [2.24, 2.45) is 0 Å². The van der Waals surface area contributed by atoms with Crippen molar-refractivity contribution in [2.45, 2.75) is 12.5 Å². The summed E-state index contributed by atoms with van der Waals surface area (Å²) in [7, 11) is 0. The van der Waals surface area contributed by atoms with Crippen molar-refractivity contribution in [3.8, 4) is 0 Å². The second kappa shape index (κ2) is 2.12. The quantitative estimate of drug-likeness (QED) is 0.454. The van der Waals surface area contributed by atoms with Crippen LogP contribution in [0.25, 0.3) is 0 Å². The van der Waals surface area contributed by atoms with Crippen molar-refractivity contribution in [2.75, 3.05) is 11.0 Å². The zero-order valence-corrected chi connectivity index (χ0v) is 5.64. The van der Waals surface area contributed by atoms with Crippen molar-refractivity contribution in [3.63, 3.8) is 0 Å². The Kier molecular flexibility index (Phi) is 1.71. The van der Waals surface area contributed by atoms with Crippen molar-refractivity contribution in [1.29, 1.82) is 0 Å². The highest BCUT2D eigenvalue weighted by Gasteiger charge is 2.14. The number of alkyl halides is 1. The molecule has 0 saturated carbocycles. The Bertz CT molecular complexity index is 40.1. The highest BCUT2D eigenvalue weighted by atomic mass is 127. The lowest BCUT2D eigenvalue weighted by Gasteiger charge is -2.23. The van der Waals surface area contributed by atoms with E-state index in [4.69, 9.17) is 4.74 Å². The lowest BCUT2D eigenvalue weighted by Crippen LogP contribution is -2.27. The summed E-state index contributed by atoms with van der Waals surface area (Å²) in [4.78, 5) is 0. The molecule has 0 N–H and O–H groups in total. The van der Waals surface area contributed by atoms with Gasteiger partial charge in [-0.05, 0) is 6.42 Å². The Morgan fingerprint density at radius 2 is 2.50 bits per heavy atom. The van der Waals surface area contributed by atoms with Gasteiger partial charge in [-0.1, -0.05) is 22.6 Å². The van der Waals surface area contributed by atoms with E-state index < -0.39 is 0 Å². The van der Waals surface area contributed by atoms with Crippen molar-refractivity contribution >= 4 is 22.6 Å². The summed E-state index contributed by atoms with van der Waals surface area (Å²) in [6, 6.07) is 0. The SMILES string of the molecule is IC[C@H]1CCO1. The highest BCUT2D eigenvalue weighted by molar-refractivity contribution is 14.1. The number of ether oxygens (including phenoxy) is 1. The van der Waals surface area contributed by atoms with Gasteiger partial charge in [0.05, 0.1) is 6.10 Å². The van der Waals surface area contributed by atoms with E-state index in [1.54, 1.807) is 0 Å². The van der Waals surface area contributed by atoms with Gasteiger partial charge in [0.1, 0.15) is 0 Å². The van der Waals surface area contributed by atoms with E-state index in [-0.39, 0.29) is 0 Å². The molecule has 0 amide bonds. The minimum atomic E-state index is 0.602. The topological polar surface area (TPSA) is 9.23 Å². The molecule has 0 radical (unpaired) electrons. The van der Waals surface area contributed by atoms with Gasteiger partial charge >= 0.3 is 0 Å². The first kappa shape index (κ1) is 4.84. The van der Waals surface area contributed by atoms with Gasteiger partial charge < -0.3 is 4.74 Å². The van der Waals surface area contributed by atoms with Gasteiger partial charge in [-0.15, -0.1) is 0 Å². The predicted octanol–water partition coefficient (Wildman–Crippen LogP) is 1.21. The molecule has 6 heavy (non-hydrogen) atoms. The van der Waals surface area contributed by atoms with Gasteiger partial charge in [0.2, 0.25) is 0 Å². The third-order valence-corrected chi connectivity index (χ3v) is 1.95. The fourth-order valence-corrected chi connectivity index (χ4v) is 1.10. The summed E-state index contributed by atoms with van der Waals surface area (Å²) >= 11 is 2.34. The molecule has 0 aromatic rings. The molecule has 1 rings (SSSR count). The van der Waals surface area contributed by atoms with Crippen LogP contribution in [0.5, 0.6) is 0 Å². The third kappa shape index (κ3) is 0.846. The standard InChI is InChI=1S/C4H7IO/c5-3-4-1-2-6-4/h4H,1-3H2/t4-/m1/s1. The summed E-state index contributed by atoms with van der Waals surface area (Å²) in [5, 5.41) is 0. The predicted molar refractivity (Wildman–Crippen MR) is 33.2 cm³/mol. The van der Waals surface area contributed by atoms with Crippen LogP contribution in [0.3, 0.4) is 0 Å². The maximum Gasteiger partial charge on any atom is 0.0686 e. The lowest BCUT2D eigenvalue weighted by molar-refractivity contribution is -0.0325. The first-order chi connectivity index (χ1) is 2.93. The monoisotopic (exact) mass is 198 g/mol. The maximum atomic E-state index is 5.07. The minimum Gasteiger partial charge on any atom is -0.377 e. The summed E-state index contributed by atoms with van der Waals surface area (Å²) in [5.74, 6) is 0. The molecule has 1 aliphatic rings. The van der Waals surface area contributed by atoms with E-state index in [2.05, 4.69) is 22.6 Å². The molecular weight excluding hydrogens is 191 g/mol. The zero-order chi connectivity index (χ0) is 4.41. The fraction of sp³-hybridized carbons (Fsp3) is 1.00. The van der Waals surface area contributed by atoms with Gasteiger partial charge in [-0.25, -0.2) is 0 Å². The fourth-order valence-electron chi connectivity index (χ4n) is 0.406. The molecule has 0 unspecified atom stereocenters. The Hall–Kier alpha value is 0.690. The van der Waals surface area contributed by atoms with E-state index in [9.17, 15) is 0 Å². The number of hydrogen-bond donors (Lipinski definition) is 0. The van der Waals surface area contributed by atoms with E-state index in [1.165, 1.54) is 6.42 Å². The molecule has 36 valence electrons. The van der Waals surface area contributed by atoms with E-state index in [0.29, 0.717) is 6.10 Å². The average molecular weight is 198 g/mol. The molecule has 1 fully saturated rings. The molecule has 1 saturated heterocycles. The minimum absolute atomic E-state index is 0.602. The van der Waals surface area contributed by atoms with Crippen LogP contribution in [0.2, 0.25) is 0 Å². The van der Waals surface area contributed by atoms with Gasteiger partial charge in [0.15, 0.2) is 0 Å². The van der Waals surface area contributed by atoms with Crippen LogP contribution in [0.1, 0.15) is 6.42 Å². The first-order valence-corrected chi connectivity index (χ1v) is 3.63. The molecule has 0 bridgehead atoms. The van der Waals surface area contributed by atoms with E-state index in [0.717, 1.165) is 11.0 Å². The Labute approximate surface area is 51.2 Å². The van der Waals surface area contributed by atoms with Crippen LogP contribution in [0.4, 0.5) is 0 Å². The Morgan fingerprint density at radius 3 is 2.50 bits per heavy atom. The molecule has 1 atom stereocenters. The second-order valence-electron chi connectivity index (χ2n) is 1.44. The largest absolute Gasteiger partial charge is 0.377 e. The molecular formula is C4H7IO. The molecule has 0 spiro atoms. The lowest BCUT2D eigenvalue weighted by atomic mass is 10.2. The van der Waals surface area contributed by atoms with E-state index in [1.807, 2.05) is 0 Å². The summed E-state index contributed by atoms with van der Waals surface area (Å²) in [5.41, 5.74) is 0. The highest BCUT2D eigenvalue weighted by Crippen LogP contribution is 2.12. The Balaban J connectivity index is 2.01. The average Bonchev–Trinajstić information content (AvgIpc) is 1.31. The third-order valence-electron chi connectivity index (χ3n) is 0.965. The smallest absolute Gasteiger partial charge is 0.0686 e. The van der Waals surface area contributed by atoms with Crippen LogP contribution < -0.4 is 0 Å². The van der Waals surface area contributed by atoms with Crippen LogP contribution in [-0.4, -0.2) is 17.1 Å². The molecule has 0 aromatic heterocycles. The molecule has 1 nitrogen and oxygen atoms in total. The maximum absolute atomic E-state index is 5.07. The summed E-state index contributed by atoms with van der Waals surface area (Å²) in [6.07, 6.45) is 1.88. The molecule has 0 aliphatic carbocycles. The normalized spacial score (nSPS) is 32.5. The number of rotatable bonds is 1. The number of hydrogen-bond acceptors (Lipinski definition) is 1. The molecule has 0 aromatic carbocycles. The van der Waals surface area contributed by atoms with Gasteiger partial charge in [0, 0.05) is 11.0 Å². The zero-order valence-electron chi connectivity index (χ0n) is 3.48. The van der Waals surface area contributed by atoms with Crippen LogP contribution in [-0.2, 0) is 4.74 Å². The summed E-state index contributed by atoms with van der Waals surface area (Å²) < 4.78 is 6.24. The summed E-state index contributed by atoms with van der Waals surface area (Å²) in [6.45, 7) is 0.994. The number of halogens is 1. The van der Waals surface area contributed by atoms with Crippen molar-refractivity contribution < 1.29 is 4.74 Å². The van der Waals surface area contributed by atoms with Crippen molar-refractivity contribution in [3.05, 3.63) is 0 Å². The Morgan fingerprint density at radius 1 is 1.83 bits per heavy atom. The van der Waals surface area contributed by atoms with Crippen LogP contribution in [0, 0.1) is 0 Å². The molecule has 1 heterocycles. The van der Waals surface area contributed by atoms with Gasteiger partial charge in [0.25, 0.3) is 0 Å². The van der Waals surface area contributed by atoms with Gasteiger partial charge in [-0.3, -0.25) is 0 Å². The molecule has 2 heteroatoms. The first-order valence-electron chi connectivity index (χ1n) is 2.11.